The molecule has 1 amide bonds. The quantitative estimate of drug-likeness (QED) is 0.409. The molecule has 0 atom stereocenters. The number of nitrogens with zero attached hydrogens (tertiary/aromatic N) is 3. The highest BCUT2D eigenvalue weighted by molar-refractivity contribution is 7.13. The van der Waals surface area contributed by atoms with Crippen LogP contribution in [0.15, 0.2) is 60.1 Å². The van der Waals surface area contributed by atoms with E-state index < -0.39 is 0 Å². The number of imidazole rings is 1. The summed E-state index contributed by atoms with van der Waals surface area (Å²) in [5.74, 6) is 1.13. The van der Waals surface area contributed by atoms with Crippen LogP contribution in [-0.4, -0.2) is 53.0 Å². The number of benzene rings is 2. The number of likely N-dealkylation sites (N-methyl/N-ethyl adjacent to an activating group) is 1. The number of aryl methyl sites for hydroxylation is 1. The maximum absolute atomic E-state index is 13.0. The molecular weight excluding hydrogens is 422 g/mol. The van der Waals surface area contributed by atoms with Crippen molar-refractivity contribution in [2.24, 2.45) is 0 Å². The predicted molar refractivity (Wildman–Crippen MR) is 128 cm³/mol. The molecule has 0 bridgehead atoms. The molecule has 2 aromatic heterocycles. The summed E-state index contributed by atoms with van der Waals surface area (Å²) < 4.78 is 5.77. The van der Waals surface area contributed by atoms with Crippen molar-refractivity contribution < 1.29 is 9.53 Å². The van der Waals surface area contributed by atoms with Gasteiger partial charge in [-0.15, -0.1) is 11.3 Å². The average molecular weight is 448 g/mol. The number of anilines is 1. The summed E-state index contributed by atoms with van der Waals surface area (Å²) in [6, 6.07) is 15.6. The normalized spacial score (nSPS) is 11.0. The molecule has 2 heterocycles. The molecule has 0 radical (unpaired) electrons. The highest BCUT2D eigenvalue weighted by Crippen LogP contribution is 2.28. The summed E-state index contributed by atoms with van der Waals surface area (Å²) in [4.78, 5) is 27.2. The lowest BCUT2D eigenvalue weighted by molar-refractivity contribution is 0.102. The van der Waals surface area contributed by atoms with E-state index in [0.717, 1.165) is 29.0 Å². The van der Waals surface area contributed by atoms with Gasteiger partial charge < -0.3 is 14.6 Å². The number of aromatic amines is 1. The molecule has 164 valence electrons. The number of thiazole rings is 1. The van der Waals surface area contributed by atoms with Gasteiger partial charge in [0.2, 0.25) is 0 Å². The molecule has 0 saturated heterocycles. The van der Waals surface area contributed by atoms with Crippen LogP contribution in [0.25, 0.3) is 22.6 Å². The molecule has 2 aromatic carbocycles. The molecular formula is C24H25N5O2S. The molecule has 7 nitrogen and oxygen atoms in total. The van der Waals surface area contributed by atoms with Gasteiger partial charge in [0.25, 0.3) is 5.91 Å². The SMILES string of the molecule is Cc1ccc(-c2nc(-c3ccc(OCCN(C)C)cc3)[nH]c2C(=O)Nc2nccs2)cc1. The van der Waals surface area contributed by atoms with E-state index in [0.29, 0.717) is 29.0 Å². The van der Waals surface area contributed by atoms with Crippen molar-refractivity contribution in [2.75, 3.05) is 32.6 Å². The fraction of sp³-hybridized carbons (Fsp3) is 0.208. The van der Waals surface area contributed by atoms with Crippen molar-refractivity contribution in [3.63, 3.8) is 0 Å². The van der Waals surface area contributed by atoms with Crippen LogP contribution >= 0.6 is 11.3 Å². The number of amides is 1. The summed E-state index contributed by atoms with van der Waals surface area (Å²) >= 11 is 1.37. The van der Waals surface area contributed by atoms with Crippen LogP contribution < -0.4 is 10.1 Å². The van der Waals surface area contributed by atoms with Gasteiger partial charge in [0.05, 0.1) is 0 Å². The Morgan fingerprint density at radius 3 is 2.47 bits per heavy atom. The number of nitrogens with one attached hydrogen (secondary N) is 2. The molecule has 0 aliphatic carbocycles. The molecule has 0 aliphatic rings. The Labute approximate surface area is 191 Å². The number of ether oxygens (including phenoxy) is 1. The van der Waals surface area contributed by atoms with E-state index >= 15 is 0 Å². The van der Waals surface area contributed by atoms with E-state index in [1.165, 1.54) is 11.3 Å². The van der Waals surface area contributed by atoms with E-state index in [1.807, 2.05) is 74.9 Å². The van der Waals surface area contributed by atoms with E-state index in [9.17, 15) is 4.79 Å². The fourth-order valence-electron chi connectivity index (χ4n) is 3.09. The third-order valence-corrected chi connectivity index (χ3v) is 5.53. The minimum Gasteiger partial charge on any atom is -0.492 e. The van der Waals surface area contributed by atoms with E-state index in [2.05, 4.69) is 20.2 Å². The average Bonchev–Trinajstić information content (AvgIpc) is 3.45. The van der Waals surface area contributed by atoms with E-state index in [4.69, 9.17) is 9.72 Å². The summed E-state index contributed by atoms with van der Waals surface area (Å²) in [5.41, 5.74) is 3.87. The molecule has 32 heavy (non-hydrogen) atoms. The Morgan fingerprint density at radius 1 is 1.09 bits per heavy atom. The standard InChI is InChI=1S/C24H25N5O2S/c1-16-4-6-17(7-5-16)20-21(23(30)28-24-25-12-15-32-24)27-22(26-20)18-8-10-19(11-9-18)31-14-13-29(2)3/h4-12,15H,13-14H2,1-3H3,(H,26,27)(H,25,28,30). The number of aromatic nitrogens is 3. The zero-order chi connectivity index (χ0) is 22.5. The van der Waals surface area contributed by atoms with Crippen LogP contribution in [0.1, 0.15) is 16.1 Å². The highest BCUT2D eigenvalue weighted by atomic mass is 32.1. The minimum absolute atomic E-state index is 0.280. The number of rotatable bonds is 8. The van der Waals surface area contributed by atoms with Crippen molar-refractivity contribution in [3.05, 3.63) is 71.4 Å². The summed E-state index contributed by atoms with van der Waals surface area (Å²) in [5, 5.41) is 5.20. The zero-order valence-corrected chi connectivity index (χ0v) is 19.1. The van der Waals surface area contributed by atoms with Gasteiger partial charge in [-0.3, -0.25) is 10.1 Å². The molecule has 0 aliphatic heterocycles. The van der Waals surface area contributed by atoms with Crippen molar-refractivity contribution in [1.82, 2.24) is 19.9 Å². The van der Waals surface area contributed by atoms with Gasteiger partial charge in [-0.05, 0) is 45.3 Å². The van der Waals surface area contributed by atoms with Gasteiger partial charge in [0, 0.05) is 29.2 Å². The molecule has 0 unspecified atom stereocenters. The molecule has 0 spiro atoms. The van der Waals surface area contributed by atoms with Crippen molar-refractivity contribution in [1.29, 1.82) is 0 Å². The van der Waals surface area contributed by atoms with Gasteiger partial charge >= 0.3 is 0 Å². The second kappa shape index (κ2) is 9.76. The lowest BCUT2D eigenvalue weighted by Gasteiger charge is -2.11. The van der Waals surface area contributed by atoms with Crippen LogP contribution in [0.2, 0.25) is 0 Å². The minimum atomic E-state index is -0.280. The third-order valence-electron chi connectivity index (χ3n) is 4.84. The zero-order valence-electron chi connectivity index (χ0n) is 18.3. The van der Waals surface area contributed by atoms with E-state index in [1.54, 1.807) is 6.20 Å². The Bertz CT molecular complexity index is 1170. The van der Waals surface area contributed by atoms with Crippen LogP contribution in [0.4, 0.5) is 5.13 Å². The third kappa shape index (κ3) is 5.22. The molecule has 4 rings (SSSR count). The van der Waals surface area contributed by atoms with Crippen molar-refractivity contribution in [3.8, 4) is 28.4 Å². The van der Waals surface area contributed by atoms with E-state index in [-0.39, 0.29) is 5.91 Å². The topological polar surface area (TPSA) is 83.1 Å². The maximum Gasteiger partial charge on any atom is 0.276 e. The smallest absolute Gasteiger partial charge is 0.276 e. The molecule has 0 fully saturated rings. The number of H-pyrrole nitrogens is 1. The second-order valence-electron chi connectivity index (χ2n) is 7.64. The summed E-state index contributed by atoms with van der Waals surface area (Å²) in [6.07, 6.45) is 1.65. The maximum atomic E-state index is 13.0. The molecule has 4 aromatic rings. The van der Waals surface area contributed by atoms with Gasteiger partial charge in [-0.2, -0.15) is 0 Å². The lowest BCUT2D eigenvalue weighted by atomic mass is 10.1. The largest absolute Gasteiger partial charge is 0.492 e. The molecule has 0 saturated carbocycles. The Balaban J connectivity index is 1.62. The lowest BCUT2D eigenvalue weighted by Crippen LogP contribution is -2.19. The highest BCUT2D eigenvalue weighted by Gasteiger charge is 2.20. The Kier molecular flexibility index (Phi) is 6.63. The first-order chi connectivity index (χ1) is 15.5. The first-order valence-electron chi connectivity index (χ1n) is 10.3. The number of carbonyl (C=O) groups is 1. The first-order valence-corrected chi connectivity index (χ1v) is 11.1. The second-order valence-corrected chi connectivity index (χ2v) is 8.54. The molecule has 2 N–H and O–H groups in total. The molecule has 8 heteroatoms. The van der Waals surface area contributed by atoms with Crippen LogP contribution in [0.5, 0.6) is 5.75 Å². The number of hydrogen-bond donors (Lipinski definition) is 2. The summed E-state index contributed by atoms with van der Waals surface area (Å²) in [6.45, 7) is 3.49. The monoisotopic (exact) mass is 447 g/mol. The van der Waals surface area contributed by atoms with Crippen LogP contribution in [-0.2, 0) is 0 Å². The van der Waals surface area contributed by atoms with Crippen molar-refractivity contribution >= 4 is 22.4 Å². The Hall–Kier alpha value is -3.49. The van der Waals surface area contributed by atoms with Crippen LogP contribution in [0, 0.1) is 6.92 Å². The first kappa shape index (κ1) is 21.7. The summed E-state index contributed by atoms with van der Waals surface area (Å²) in [7, 11) is 4.02. The Morgan fingerprint density at radius 2 is 1.81 bits per heavy atom. The van der Waals surface area contributed by atoms with Gasteiger partial charge in [0.1, 0.15) is 29.6 Å². The van der Waals surface area contributed by atoms with Crippen molar-refractivity contribution in [2.45, 2.75) is 6.92 Å². The number of hydrogen-bond acceptors (Lipinski definition) is 6. The van der Waals surface area contributed by atoms with Gasteiger partial charge in [0.15, 0.2) is 5.13 Å². The predicted octanol–water partition coefficient (Wildman–Crippen LogP) is 4.70. The van der Waals surface area contributed by atoms with Crippen LogP contribution in [0.3, 0.4) is 0 Å². The van der Waals surface area contributed by atoms with Gasteiger partial charge in [-0.1, -0.05) is 29.8 Å². The van der Waals surface area contributed by atoms with Gasteiger partial charge in [-0.25, -0.2) is 9.97 Å². The number of carbonyl (C=O) groups excluding carboxylic acids is 1. The fourth-order valence-corrected chi connectivity index (χ4v) is 3.62.